The molecule has 0 atom stereocenters. The summed E-state index contributed by atoms with van der Waals surface area (Å²) >= 11 is 0.553. The Balaban J connectivity index is 0.000000444. The zero-order valence-corrected chi connectivity index (χ0v) is 17.0. The molecule has 0 fully saturated rings. The Hall–Kier alpha value is -1.19. The van der Waals surface area contributed by atoms with E-state index in [1.54, 1.807) is 0 Å². The Morgan fingerprint density at radius 1 is 1.00 bits per heavy atom. The molecule has 2 N–H and O–H groups in total. The number of carboxylic acid groups (broad SMARTS) is 1. The first-order valence-electron chi connectivity index (χ1n) is 6.33. The number of hydrogen-bond acceptors (Lipinski definition) is 2. The summed E-state index contributed by atoms with van der Waals surface area (Å²) in [4.78, 5) is 9.00. The molecule has 0 aromatic heterocycles. The molecule has 4 heteroatoms. The van der Waals surface area contributed by atoms with E-state index in [9.17, 15) is 5.11 Å². The predicted molar refractivity (Wildman–Crippen MR) is 74.0 cm³/mol. The van der Waals surface area contributed by atoms with Crippen molar-refractivity contribution >= 4 is 5.97 Å². The molecule has 3 nitrogen and oxygen atoms in total. The van der Waals surface area contributed by atoms with E-state index >= 15 is 0 Å². The Morgan fingerprint density at radius 3 is 1.55 bits per heavy atom. The molecule has 0 amide bonds. The molecule has 2 aromatic carbocycles. The monoisotopic (exact) mass is 459 g/mol. The Bertz CT molecular complexity index is 482. The maximum absolute atomic E-state index is 10.8. The average molecular weight is 458 g/mol. The van der Waals surface area contributed by atoms with Crippen molar-refractivity contribution in [3.05, 3.63) is 71.8 Å². The van der Waals surface area contributed by atoms with Crippen LogP contribution in [-0.4, -0.2) is 16.2 Å². The fourth-order valence-electron chi connectivity index (χ4n) is 1.88. The third kappa shape index (κ3) is 4.73. The molecule has 0 aliphatic heterocycles. The van der Waals surface area contributed by atoms with Crippen molar-refractivity contribution in [2.24, 2.45) is 0 Å². The molecule has 0 heterocycles. The van der Waals surface area contributed by atoms with Gasteiger partial charge < -0.3 is 5.11 Å². The third-order valence-corrected chi connectivity index (χ3v) is 5.68. The van der Waals surface area contributed by atoms with Crippen LogP contribution in [0.1, 0.15) is 18.1 Å². The number of carboxylic acids is 1. The van der Waals surface area contributed by atoms with Gasteiger partial charge in [0.25, 0.3) is 5.97 Å². The molecule has 101 valence electrons. The van der Waals surface area contributed by atoms with Gasteiger partial charge in [0.15, 0.2) is 0 Å². The fourth-order valence-corrected chi connectivity index (χ4v) is 4.13. The van der Waals surface area contributed by atoms with Crippen LogP contribution in [0.25, 0.3) is 0 Å². The van der Waals surface area contributed by atoms with E-state index < -0.39 is 11.6 Å². The van der Waals surface area contributed by atoms with E-state index in [1.807, 2.05) is 60.7 Å². The van der Waals surface area contributed by atoms with Crippen molar-refractivity contribution in [2.45, 2.75) is 16.5 Å². The van der Waals surface area contributed by atoms with Gasteiger partial charge in [-0.05, 0) is 0 Å². The third-order valence-electron chi connectivity index (χ3n) is 2.86. The number of aliphatic hydroxyl groups is 1. The van der Waals surface area contributed by atoms with Gasteiger partial charge in [0.05, 0.1) is 0 Å². The van der Waals surface area contributed by atoms with Gasteiger partial charge in [0, 0.05) is 6.92 Å². The van der Waals surface area contributed by atoms with Gasteiger partial charge in [0.2, 0.25) is 0 Å². The van der Waals surface area contributed by atoms with E-state index in [-0.39, 0.29) is 0 Å². The Kier molecular flexibility index (Phi) is 6.89. The molecule has 0 bridgehead atoms. The molecule has 0 radical (unpaired) electrons. The van der Waals surface area contributed by atoms with Crippen LogP contribution >= 0.6 is 0 Å². The van der Waals surface area contributed by atoms with Crippen LogP contribution in [0.3, 0.4) is 0 Å². The van der Waals surface area contributed by atoms with Gasteiger partial charge >= 0.3 is 113 Å². The summed E-state index contributed by atoms with van der Waals surface area (Å²) in [6, 6.07) is 19.9. The Morgan fingerprint density at radius 2 is 1.30 bits per heavy atom. The molecule has 0 saturated carbocycles. The molecule has 20 heavy (non-hydrogen) atoms. The van der Waals surface area contributed by atoms with Gasteiger partial charge in [-0.1, -0.05) is 0 Å². The second kappa shape index (κ2) is 8.17. The van der Waals surface area contributed by atoms with Crippen LogP contribution < -0.4 is 0 Å². The fraction of sp³-hybridized carbons (Fsp3) is 0.188. The van der Waals surface area contributed by atoms with Gasteiger partial charge in [-0.15, -0.1) is 0 Å². The first-order chi connectivity index (χ1) is 9.50. The van der Waals surface area contributed by atoms with E-state index in [0.717, 1.165) is 22.0 Å². The second-order valence-corrected chi connectivity index (χ2v) is 6.31. The van der Waals surface area contributed by atoms with Crippen molar-refractivity contribution in [3.63, 3.8) is 0 Å². The summed E-state index contributed by atoms with van der Waals surface area (Å²) in [5, 5.41) is 18.2. The molecule has 2 rings (SSSR count). The first-order valence-corrected chi connectivity index (χ1v) is 10.2. The van der Waals surface area contributed by atoms with Crippen molar-refractivity contribution in [3.8, 4) is 0 Å². The number of hydrogen-bond donors (Lipinski definition) is 2. The molecule has 2 aromatic rings. The summed E-state index contributed by atoms with van der Waals surface area (Å²) in [6.45, 7) is 1.08. The topological polar surface area (TPSA) is 57.5 Å². The zero-order chi connectivity index (χ0) is 15.0. The SMILES string of the molecule is CC(=O)O.OC([CH2][Hg])(c1ccccc1)c1ccccc1. The van der Waals surface area contributed by atoms with E-state index in [4.69, 9.17) is 9.90 Å². The van der Waals surface area contributed by atoms with Crippen molar-refractivity contribution in [1.29, 1.82) is 0 Å². The minimum absolute atomic E-state index is 0.553. The van der Waals surface area contributed by atoms with Crippen LogP contribution in [0.4, 0.5) is 0 Å². The summed E-state index contributed by atoms with van der Waals surface area (Å²) < 4.78 is 0.862. The standard InChI is InChI=1S/C14H13O.C2H4O2.Hg/c1-14(15,12-8-4-2-5-9-12)13-10-6-3-7-11-13;1-2(3)4;/h2-11,15H,1H2;1H3,(H,3,4);. The predicted octanol–water partition coefficient (Wildman–Crippen LogP) is 2.98. The average Bonchev–Trinajstić information content (AvgIpc) is 2.48. The summed E-state index contributed by atoms with van der Waals surface area (Å²) in [5.74, 6) is -0.833. The van der Waals surface area contributed by atoms with Gasteiger partial charge in [-0.2, -0.15) is 0 Å². The van der Waals surface area contributed by atoms with Gasteiger partial charge in [0.1, 0.15) is 0 Å². The molecular weight excluding hydrogens is 441 g/mol. The minimum atomic E-state index is -0.833. The molecule has 0 aliphatic carbocycles. The van der Waals surface area contributed by atoms with Crippen molar-refractivity contribution in [1.82, 2.24) is 0 Å². The molecule has 0 aliphatic rings. The summed E-state index contributed by atoms with van der Waals surface area (Å²) in [7, 11) is 0. The van der Waals surface area contributed by atoms with Crippen molar-refractivity contribution in [2.75, 3.05) is 0 Å². The zero-order valence-electron chi connectivity index (χ0n) is 11.5. The molecule has 0 spiro atoms. The van der Waals surface area contributed by atoms with Crippen LogP contribution in [0.5, 0.6) is 0 Å². The van der Waals surface area contributed by atoms with E-state index in [1.165, 1.54) is 0 Å². The van der Waals surface area contributed by atoms with Crippen LogP contribution in [0.2, 0.25) is 3.93 Å². The molecule has 0 saturated heterocycles. The summed E-state index contributed by atoms with van der Waals surface area (Å²) in [6.07, 6.45) is 0. The quantitative estimate of drug-likeness (QED) is 0.697. The number of aliphatic carboxylic acids is 1. The maximum atomic E-state index is 10.8. The number of carbonyl (C=O) groups is 1. The molecule has 0 unspecified atom stereocenters. The van der Waals surface area contributed by atoms with Gasteiger partial charge in [-0.25, -0.2) is 0 Å². The Labute approximate surface area is 135 Å². The normalized spacial score (nSPS) is 10.4. The van der Waals surface area contributed by atoms with Crippen LogP contribution in [0, 0.1) is 0 Å². The summed E-state index contributed by atoms with van der Waals surface area (Å²) in [5.41, 5.74) is 1.21. The second-order valence-electron chi connectivity index (χ2n) is 4.36. The molecular formula is C16H17HgO3. The van der Waals surface area contributed by atoms with E-state index in [2.05, 4.69) is 0 Å². The van der Waals surface area contributed by atoms with Crippen molar-refractivity contribution < 1.29 is 41.1 Å². The first kappa shape index (κ1) is 16.9. The van der Waals surface area contributed by atoms with Crippen LogP contribution in [-0.2, 0) is 36.5 Å². The van der Waals surface area contributed by atoms with Crippen LogP contribution in [0.15, 0.2) is 60.7 Å². The van der Waals surface area contributed by atoms with Gasteiger partial charge in [-0.3, -0.25) is 4.79 Å². The van der Waals surface area contributed by atoms with E-state index in [0.29, 0.717) is 26.1 Å². The number of benzene rings is 2. The number of rotatable bonds is 3.